The quantitative estimate of drug-likeness (QED) is 0.837. The Morgan fingerprint density at radius 2 is 1.58 bits per heavy atom. The lowest BCUT2D eigenvalue weighted by Crippen LogP contribution is -2.19. The van der Waals surface area contributed by atoms with E-state index in [1.54, 1.807) is 0 Å². The molecule has 0 saturated heterocycles. The predicted octanol–water partition coefficient (Wildman–Crippen LogP) is 3.00. The number of rotatable bonds is 5. The zero-order chi connectivity index (χ0) is 13.5. The van der Waals surface area contributed by atoms with Crippen molar-refractivity contribution < 1.29 is 14.3 Å². The Bertz CT molecular complexity index is 513. The third-order valence-electron chi connectivity index (χ3n) is 2.54. The highest BCUT2D eigenvalue weighted by atomic mass is 16.7. The molecule has 0 fully saturated rings. The molecule has 0 saturated carbocycles. The standard InChI is InChI=1S/C15H15NO3/c16-15(17)19-14(13-9-5-2-6-10-13)18-11-12-7-3-1-4-8-12/h1-10,14H,11H2,(H2,16,17). The van der Waals surface area contributed by atoms with E-state index in [2.05, 4.69) is 0 Å². The van der Waals surface area contributed by atoms with Gasteiger partial charge in [-0.1, -0.05) is 60.7 Å². The summed E-state index contributed by atoms with van der Waals surface area (Å²) in [5.41, 5.74) is 6.80. The zero-order valence-electron chi connectivity index (χ0n) is 10.4. The van der Waals surface area contributed by atoms with Crippen LogP contribution in [0.2, 0.25) is 0 Å². The van der Waals surface area contributed by atoms with Crippen molar-refractivity contribution in [2.45, 2.75) is 12.9 Å². The van der Waals surface area contributed by atoms with Gasteiger partial charge in [-0.05, 0) is 5.56 Å². The molecule has 1 amide bonds. The molecule has 2 N–H and O–H groups in total. The summed E-state index contributed by atoms with van der Waals surface area (Å²) in [5.74, 6) is 0. The Balaban J connectivity index is 2.04. The van der Waals surface area contributed by atoms with E-state index in [1.807, 2.05) is 60.7 Å². The van der Waals surface area contributed by atoms with Crippen molar-refractivity contribution in [3.05, 3.63) is 71.8 Å². The van der Waals surface area contributed by atoms with Gasteiger partial charge in [-0.25, -0.2) is 4.79 Å². The van der Waals surface area contributed by atoms with Gasteiger partial charge in [-0.15, -0.1) is 0 Å². The normalized spacial score (nSPS) is 11.8. The van der Waals surface area contributed by atoms with E-state index >= 15 is 0 Å². The van der Waals surface area contributed by atoms with Gasteiger partial charge < -0.3 is 15.2 Å². The minimum atomic E-state index is -0.859. The highest BCUT2D eigenvalue weighted by Gasteiger charge is 2.15. The van der Waals surface area contributed by atoms with Crippen molar-refractivity contribution >= 4 is 6.09 Å². The second-order valence-electron chi connectivity index (χ2n) is 3.98. The Kier molecular flexibility index (Phi) is 4.53. The zero-order valence-corrected chi connectivity index (χ0v) is 10.4. The molecule has 98 valence electrons. The molecule has 0 aliphatic rings. The molecular formula is C15H15NO3. The minimum absolute atomic E-state index is 0.341. The molecule has 1 unspecified atom stereocenters. The maximum atomic E-state index is 10.9. The van der Waals surface area contributed by atoms with Gasteiger partial charge in [0, 0.05) is 5.56 Å². The first-order valence-electron chi connectivity index (χ1n) is 5.92. The Labute approximate surface area is 111 Å². The first-order valence-corrected chi connectivity index (χ1v) is 5.92. The summed E-state index contributed by atoms with van der Waals surface area (Å²) in [5, 5.41) is 0. The van der Waals surface area contributed by atoms with Crippen LogP contribution in [0.4, 0.5) is 4.79 Å². The molecule has 0 radical (unpaired) electrons. The lowest BCUT2D eigenvalue weighted by molar-refractivity contribution is -0.114. The summed E-state index contributed by atoms with van der Waals surface area (Å²) in [6, 6.07) is 18.9. The highest BCUT2D eigenvalue weighted by molar-refractivity contribution is 5.64. The number of carbonyl (C=O) groups excluding carboxylic acids is 1. The van der Waals surface area contributed by atoms with E-state index in [0.29, 0.717) is 6.61 Å². The lowest BCUT2D eigenvalue weighted by atomic mass is 10.2. The average Bonchev–Trinajstić information content (AvgIpc) is 2.45. The van der Waals surface area contributed by atoms with Crippen LogP contribution in [-0.4, -0.2) is 6.09 Å². The molecule has 2 aromatic carbocycles. The maximum absolute atomic E-state index is 10.9. The third-order valence-corrected chi connectivity index (χ3v) is 2.54. The summed E-state index contributed by atoms with van der Waals surface area (Å²) in [6.07, 6.45) is -1.65. The molecule has 0 aromatic heterocycles. The highest BCUT2D eigenvalue weighted by Crippen LogP contribution is 2.20. The van der Waals surface area contributed by atoms with E-state index in [1.165, 1.54) is 0 Å². The molecule has 0 heterocycles. The molecule has 4 nitrogen and oxygen atoms in total. The van der Waals surface area contributed by atoms with Crippen molar-refractivity contribution in [2.75, 3.05) is 0 Å². The van der Waals surface area contributed by atoms with Crippen molar-refractivity contribution in [1.29, 1.82) is 0 Å². The van der Waals surface area contributed by atoms with Crippen LogP contribution >= 0.6 is 0 Å². The predicted molar refractivity (Wildman–Crippen MR) is 71.1 cm³/mol. The van der Waals surface area contributed by atoms with Gasteiger partial charge in [0.1, 0.15) is 0 Å². The number of benzene rings is 2. The number of hydrogen-bond donors (Lipinski definition) is 1. The van der Waals surface area contributed by atoms with E-state index in [9.17, 15) is 4.79 Å². The smallest absolute Gasteiger partial charge is 0.407 e. The number of ether oxygens (including phenoxy) is 2. The number of nitrogens with two attached hydrogens (primary N) is 1. The largest absolute Gasteiger partial charge is 0.415 e. The molecule has 1 atom stereocenters. The molecule has 19 heavy (non-hydrogen) atoms. The van der Waals surface area contributed by atoms with Crippen molar-refractivity contribution in [1.82, 2.24) is 0 Å². The van der Waals surface area contributed by atoms with Crippen LogP contribution in [0.3, 0.4) is 0 Å². The SMILES string of the molecule is NC(=O)OC(OCc1ccccc1)c1ccccc1. The first kappa shape index (κ1) is 13.1. The van der Waals surface area contributed by atoms with Crippen molar-refractivity contribution in [2.24, 2.45) is 5.73 Å². The summed E-state index contributed by atoms with van der Waals surface area (Å²) in [6.45, 7) is 0.341. The maximum Gasteiger partial charge on any atom is 0.407 e. The van der Waals surface area contributed by atoms with Crippen LogP contribution in [0.25, 0.3) is 0 Å². The van der Waals surface area contributed by atoms with E-state index in [0.717, 1.165) is 11.1 Å². The van der Waals surface area contributed by atoms with Crippen LogP contribution < -0.4 is 5.73 Å². The van der Waals surface area contributed by atoms with Gasteiger partial charge >= 0.3 is 6.09 Å². The summed E-state index contributed by atoms with van der Waals surface area (Å²) >= 11 is 0. The Morgan fingerprint density at radius 3 is 2.16 bits per heavy atom. The van der Waals surface area contributed by atoms with Crippen LogP contribution in [0.1, 0.15) is 17.4 Å². The first-order chi connectivity index (χ1) is 9.25. The van der Waals surface area contributed by atoms with Crippen LogP contribution in [0, 0.1) is 0 Å². The van der Waals surface area contributed by atoms with Gasteiger partial charge in [0.15, 0.2) is 0 Å². The van der Waals surface area contributed by atoms with Crippen LogP contribution in [-0.2, 0) is 16.1 Å². The second kappa shape index (κ2) is 6.56. The molecule has 0 spiro atoms. The van der Waals surface area contributed by atoms with Gasteiger partial charge in [-0.2, -0.15) is 0 Å². The van der Waals surface area contributed by atoms with E-state index in [4.69, 9.17) is 15.2 Å². The van der Waals surface area contributed by atoms with E-state index in [-0.39, 0.29) is 0 Å². The summed E-state index contributed by atoms with van der Waals surface area (Å²) in [4.78, 5) is 10.9. The number of hydrogen-bond acceptors (Lipinski definition) is 3. The van der Waals surface area contributed by atoms with Gasteiger partial charge in [0.25, 0.3) is 0 Å². The van der Waals surface area contributed by atoms with Gasteiger partial charge in [-0.3, -0.25) is 0 Å². The molecular weight excluding hydrogens is 242 g/mol. The average molecular weight is 257 g/mol. The topological polar surface area (TPSA) is 61.6 Å². The van der Waals surface area contributed by atoms with E-state index < -0.39 is 12.4 Å². The van der Waals surface area contributed by atoms with Crippen molar-refractivity contribution in [3.63, 3.8) is 0 Å². The fourth-order valence-corrected chi connectivity index (χ4v) is 1.66. The molecule has 2 rings (SSSR count). The third kappa shape index (κ3) is 4.12. The fourth-order valence-electron chi connectivity index (χ4n) is 1.66. The second-order valence-corrected chi connectivity index (χ2v) is 3.98. The minimum Gasteiger partial charge on any atom is -0.415 e. The summed E-state index contributed by atoms with van der Waals surface area (Å²) < 4.78 is 10.6. The molecule has 0 bridgehead atoms. The lowest BCUT2D eigenvalue weighted by Gasteiger charge is -2.17. The Hall–Kier alpha value is -2.33. The summed E-state index contributed by atoms with van der Waals surface area (Å²) in [7, 11) is 0. The molecule has 0 aliphatic heterocycles. The number of amides is 1. The van der Waals surface area contributed by atoms with Crippen molar-refractivity contribution in [3.8, 4) is 0 Å². The van der Waals surface area contributed by atoms with Gasteiger partial charge in [0.05, 0.1) is 6.61 Å². The van der Waals surface area contributed by atoms with Crippen LogP contribution in [0.15, 0.2) is 60.7 Å². The molecule has 0 aliphatic carbocycles. The molecule has 4 heteroatoms. The van der Waals surface area contributed by atoms with Crippen LogP contribution in [0.5, 0.6) is 0 Å². The van der Waals surface area contributed by atoms with Gasteiger partial charge in [0.2, 0.25) is 6.29 Å². The fraction of sp³-hybridized carbons (Fsp3) is 0.133. The number of primary amides is 1. The Morgan fingerprint density at radius 1 is 1.00 bits per heavy atom. The molecule has 2 aromatic rings. The monoisotopic (exact) mass is 257 g/mol. The number of carbonyl (C=O) groups is 1.